The van der Waals surface area contributed by atoms with E-state index in [4.69, 9.17) is 27.9 Å². The van der Waals surface area contributed by atoms with Crippen molar-refractivity contribution in [3.05, 3.63) is 63.1 Å². The number of fused-ring (bicyclic) bond motifs is 1. The van der Waals surface area contributed by atoms with Crippen molar-refractivity contribution >= 4 is 23.2 Å². The number of rotatable bonds is 2. The van der Waals surface area contributed by atoms with Gasteiger partial charge in [-0.05, 0) is 30.5 Å². The maximum atomic E-state index is 10.7. The molecule has 0 amide bonds. The third-order valence-corrected chi connectivity index (χ3v) is 4.19. The Kier molecular flexibility index (Phi) is 3.88. The molecule has 0 saturated heterocycles. The Hall–Kier alpha value is -1.22. The van der Waals surface area contributed by atoms with Gasteiger partial charge in [-0.3, -0.25) is 0 Å². The lowest BCUT2D eigenvalue weighted by molar-refractivity contribution is 0.207. The molecule has 1 aliphatic rings. The lowest BCUT2D eigenvalue weighted by Crippen LogP contribution is -2.13. The van der Waals surface area contributed by atoms with E-state index < -0.39 is 6.10 Å². The molecule has 0 aliphatic carbocycles. The second-order valence-corrected chi connectivity index (χ2v) is 5.64. The van der Waals surface area contributed by atoms with E-state index in [0.717, 1.165) is 29.7 Å². The van der Waals surface area contributed by atoms with Gasteiger partial charge in [0.2, 0.25) is 0 Å². The van der Waals surface area contributed by atoms with Gasteiger partial charge in [-0.1, -0.05) is 47.5 Å². The number of ether oxygens (including phenoxy) is 1. The molecule has 0 aromatic heterocycles. The van der Waals surface area contributed by atoms with Crippen molar-refractivity contribution in [2.24, 2.45) is 0 Å². The molecule has 0 radical (unpaired) electrons. The zero-order chi connectivity index (χ0) is 14.1. The van der Waals surface area contributed by atoms with Gasteiger partial charge in [-0.2, -0.15) is 0 Å². The maximum Gasteiger partial charge on any atom is 0.128 e. The Balaban J connectivity index is 2.09. The van der Waals surface area contributed by atoms with E-state index >= 15 is 0 Å². The summed E-state index contributed by atoms with van der Waals surface area (Å²) in [7, 11) is 0. The molecule has 2 aromatic carbocycles. The Bertz CT molecular complexity index is 620. The van der Waals surface area contributed by atoms with E-state index in [0.29, 0.717) is 22.2 Å². The van der Waals surface area contributed by atoms with Crippen molar-refractivity contribution in [2.75, 3.05) is 6.61 Å². The van der Waals surface area contributed by atoms with E-state index in [-0.39, 0.29) is 0 Å². The normalized spacial score (nSPS) is 15.3. The molecule has 0 bridgehead atoms. The molecule has 2 nitrogen and oxygen atoms in total. The SMILES string of the molecule is OC(c1cccc2c1OCCC2)c1c(Cl)cccc1Cl. The molecule has 0 spiro atoms. The maximum absolute atomic E-state index is 10.7. The van der Waals surface area contributed by atoms with Crippen LogP contribution >= 0.6 is 23.2 Å². The van der Waals surface area contributed by atoms with Crippen molar-refractivity contribution in [2.45, 2.75) is 18.9 Å². The molecule has 3 rings (SSSR count). The molecule has 2 aromatic rings. The van der Waals surface area contributed by atoms with Crippen LogP contribution in [0.4, 0.5) is 0 Å². The van der Waals surface area contributed by atoms with E-state index in [1.165, 1.54) is 0 Å². The number of aliphatic hydroxyl groups excluding tert-OH is 1. The van der Waals surface area contributed by atoms with Crippen LogP contribution in [-0.2, 0) is 6.42 Å². The molecular formula is C16H14Cl2O2. The van der Waals surface area contributed by atoms with E-state index in [9.17, 15) is 5.11 Å². The molecule has 1 unspecified atom stereocenters. The Morgan fingerprint density at radius 2 is 1.75 bits per heavy atom. The predicted molar refractivity (Wildman–Crippen MR) is 80.8 cm³/mol. The van der Waals surface area contributed by atoms with Gasteiger partial charge in [0.15, 0.2) is 0 Å². The van der Waals surface area contributed by atoms with E-state index in [2.05, 4.69) is 0 Å². The number of aryl methyl sites for hydroxylation is 1. The van der Waals surface area contributed by atoms with Crippen molar-refractivity contribution < 1.29 is 9.84 Å². The van der Waals surface area contributed by atoms with Crippen LogP contribution in [0.25, 0.3) is 0 Å². The van der Waals surface area contributed by atoms with Gasteiger partial charge in [-0.25, -0.2) is 0 Å². The number of para-hydroxylation sites is 1. The minimum Gasteiger partial charge on any atom is -0.493 e. The first kappa shape index (κ1) is 13.7. The van der Waals surface area contributed by atoms with Crippen LogP contribution in [0.2, 0.25) is 10.0 Å². The fourth-order valence-electron chi connectivity index (χ4n) is 2.56. The van der Waals surface area contributed by atoms with Gasteiger partial charge in [0.25, 0.3) is 0 Å². The lowest BCUT2D eigenvalue weighted by atomic mass is 9.95. The Morgan fingerprint density at radius 1 is 1.05 bits per heavy atom. The molecule has 0 saturated carbocycles. The third kappa shape index (κ3) is 2.39. The molecule has 20 heavy (non-hydrogen) atoms. The summed E-state index contributed by atoms with van der Waals surface area (Å²) < 4.78 is 5.73. The van der Waals surface area contributed by atoms with Crippen LogP contribution in [0.3, 0.4) is 0 Å². The topological polar surface area (TPSA) is 29.5 Å². The second-order valence-electron chi connectivity index (χ2n) is 4.83. The van der Waals surface area contributed by atoms with Crippen LogP contribution < -0.4 is 4.74 Å². The fourth-order valence-corrected chi connectivity index (χ4v) is 3.16. The van der Waals surface area contributed by atoms with Crippen LogP contribution in [-0.4, -0.2) is 11.7 Å². The number of halogens is 2. The summed E-state index contributed by atoms with van der Waals surface area (Å²) in [5, 5.41) is 11.6. The molecule has 1 aliphatic heterocycles. The monoisotopic (exact) mass is 308 g/mol. The smallest absolute Gasteiger partial charge is 0.128 e. The third-order valence-electron chi connectivity index (χ3n) is 3.53. The minimum absolute atomic E-state index is 0.457. The number of aliphatic hydroxyl groups is 1. The largest absolute Gasteiger partial charge is 0.493 e. The van der Waals surface area contributed by atoms with Gasteiger partial charge in [0, 0.05) is 21.2 Å². The summed E-state index contributed by atoms with van der Waals surface area (Å²) in [6.45, 7) is 0.674. The standard InChI is InChI=1S/C16H14Cl2O2/c17-12-7-2-8-13(18)14(12)15(19)11-6-1-4-10-5-3-9-20-16(10)11/h1-2,4,6-8,15,19H,3,5,9H2. The molecule has 4 heteroatoms. The highest BCUT2D eigenvalue weighted by Gasteiger charge is 2.23. The Morgan fingerprint density at radius 3 is 2.50 bits per heavy atom. The van der Waals surface area contributed by atoms with E-state index in [1.54, 1.807) is 18.2 Å². The zero-order valence-corrected chi connectivity index (χ0v) is 12.3. The number of benzene rings is 2. The highest BCUT2D eigenvalue weighted by Crippen LogP contribution is 2.40. The summed E-state index contributed by atoms with van der Waals surface area (Å²) in [6, 6.07) is 11.0. The minimum atomic E-state index is -0.885. The van der Waals surface area contributed by atoms with Crippen molar-refractivity contribution in [3.63, 3.8) is 0 Å². The van der Waals surface area contributed by atoms with Gasteiger partial charge in [-0.15, -0.1) is 0 Å². The summed E-state index contributed by atoms with van der Waals surface area (Å²) in [5.41, 5.74) is 2.37. The average molecular weight is 309 g/mol. The first-order chi connectivity index (χ1) is 9.68. The van der Waals surface area contributed by atoms with Crippen molar-refractivity contribution in [1.29, 1.82) is 0 Å². The van der Waals surface area contributed by atoms with E-state index in [1.807, 2.05) is 18.2 Å². The number of hydrogen-bond donors (Lipinski definition) is 1. The first-order valence-electron chi connectivity index (χ1n) is 6.55. The highest BCUT2D eigenvalue weighted by atomic mass is 35.5. The van der Waals surface area contributed by atoms with Crippen LogP contribution in [0.15, 0.2) is 36.4 Å². The Labute approximate surface area is 127 Å². The van der Waals surface area contributed by atoms with Gasteiger partial charge < -0.3 is 9.84 Å². The van der Waals surface area contributed by atoms with Gasteiger partial charge >= 0.3 is 0 Å². The second kappa shape index (κ2) is 5.65. The predicted octanol–water partition coefficient (Wildman–Crippen LogP) is 4.40. The molecular weight excluding hydrogens is 295 g/mol. The summed E-state index contributed by atoms with van der Waals surface area (Å²) >= 11 is 12.3. The quantitative estimate of drug-likeness (QED) is 0.891. The molecule has 1 heterocycles. The number of hydrogen-bond acceptors (Lipinski definition) is 2. The molecule has 1 atom stereocenters. The molecule has 104 valence electrons. The molecule has 0 fully saturated rings. The first-order valence-corrected chi connectivity index (χ1v) is 7.30. The summed E-state index contributed by atoms with van der Waals surface area (Å²) in [4.78, 5) is 0. The summed E-state index contributed by atoms with van der Waals surface area (Å²) in [6.07, 6.45) is 1.08. The highest BCUT2D eigenvalue weighted by molar-refractivity contribution is 6.36. The average Bonchev–Trinajstić information content (AvgIpc) is 2.46. The zero-order valence-electron chi connectivity index (χ0n) is 10.8. The summed E-state index contributed by atoms with van der Waals surface area (Å²) in [5.74, 6) is 0.766. The van der Waals surface area contributed by atoms with Crippen LogP contribution in [0, 0.1) is 0 Å². The van der Waals surface area contributed by atoms with Gasteiger partial charge in [0.05, 0.1) is 6.61 Å². The van der Waals surface area contributed by atoms with Crippen LogP contribution in [0.5, 0.6) is 5.75 Å². The van der Waals surface area contributed by atoms with Crippen molar-refractivity contribution in [3.8, 4) is 5.75 Å². The van der Waals surface area contributed by atoms with Crippen LogP contribution in [0.1, 0.15) is 29.2 Å². The lowest BCUT2D eigenvalue weighted by Gasteiger charge is -2.23. The molecule has 1 N–H and O–H groups in total. The van der Waals surface area contributed by atoms with Crippen molar-refractivity contribution in [1.82, 2.24) is 0 Å². The fraction of sp³-hybridized carbons (Fsp3) is 0.250. The van der Waals surface area contributed by atoms with Gasteiger partial charge in [0.1, 0.15) is 11.9 Å².